The summed E-state index contributed by atoms with van der Waals surface area (Å²) in [6, 6.07) is 4.98. The summed E-state index contributed by atoms with van der Waals surface area (Å²) in [5.41, 5.74) is -0.874. The van der Waals surface area contributed by atoms with E-state index in [9.17, 15) is 26.4 Å². The maximum Gasteiger partial charge on any atom is 0.257 e. The first kappa shape index (κ1) is 20.6. The smallest absolute Gasteiger partial charge is 0.257 e. The number of halogens is 4. The molecule has 2 aromatic carbocycles. The summed E-state index contributed by atoms with van der Waals surface area (Å²) in [6.45, 7) is 0.810. The molecule has 28 heavy (non-hydrogen) atoms. The SMILES string of the molecule is O=C(Nc1ccc(F)c(F)c1F)c1cc(S(=O)(=O)N2CCOCC2)ccc1Cl. The van der Waals surface area contributed by atoms with Crippen LogP contribution in [-0.2, 0) is 14.8 Å². The van der Waals surface area contributed by atoms with Crippen molar-refractivity contribution >= 4 is 33.2 Å². The molecule has 0 aromatic heterocycles. The van der Waals surface area contributed by atoms with Crippen LogP contribution in [0.25, 0.3) is 0 Å². The fourth-order valence-electron chi connectivity index (χ4n) is 2.59. The van der Waals surface area contributed by atoms with Gasteiger partial charge in [0.25, 0.3) is 5.91 Å². The second-order valence-electron chi connectivity index (χ2n) is 5.84. The molecule has 0 spiro atoms. The molecule has 1 saturated heterocycles. The highest BCUT2D eigenvalue weighted by Gasteiger charge is 2.28. The number of anilines is 1. The zero-order valence-electron chi connectivity index (χ0n) is 14.2. The molecule has 11 heteroatoms. The van der Waals surface area contributed by atoms with Gasteiger partial charge in [-0.05, 0) is 30.3 Å². The molecule has 1 amide bonds. The molecule has 0 atom stereocenters. The maximum absolute atomic E-state index is 13.8. The van der Waals surface area contributed by atoms with E-state index in [1.165, 1.54) is 16.4 Å². The van der Waals surface area contributed by atoms with Crippen molar-refractivity contribution < 1.29 is 31.1 Å². The molecule has 1 aliphatic heterocycles. The van der Waals surface area contributed by atoms with Gasteiger partial charge in [-0.1, -0.05) is 11.6 Å². The molecule has 2 aromatic rings. The highest BCUT2D eigenvalue weighted by atomic mass is 35.5. The van der Waals surface area contributed by atoms with E-state index in [0.717, 1.165) is 12.1 Å². The standard InChI is InChI=1S/C17H14ClF3N2O4S/c18-12-2-1-10(28(25,26)23-5-7-27-8-6-23)9-11(12)17(24)22-14-4-3-13(19)15(20)16(14)21/h1-4,9H,5-8H2,(H,22,24). The Kier molecular flexibility index (Phi) is 5.94. The van der Waals surface area contributed by atoms with E-state index in [4.69, 9.17) is 16.3 Å². The Bertz CT molecular complexity index is 1030. The van der Waals surface area contributed by atoms with E-state index in [-0.39, 0.29) is 41.8 Å². The van der Waals surface area contributed by atoms with Crippen LogP contribution in [-0.4, -0.2) is 44.9 Å². The van der Waals surface area contributed by atoms with Crippen molar-refractivity contribution in [2.24, 2.45) is 0 Å². The average molecular weight is 435 g/mol. The van der Waals surface area contributed by atoms with Gasteiger partial charge in [-0.3, -0.25) is 4.79 Å². The number of hydrogen-bond acceptors (Lipinski definition) is 4. The van der Waals surface area contributed by atoms with Gasteiger partial charge in [0.15, 0.2) is 17.5 Å². The third kappa shape index (κ3) is 4.00. The van der Waals surface area contributed by atoms with Crippen molar-refractivity contribution in [3.63, 3.8) is 0 Å². The molecule has 0 unspecified atom stereocenters. The molecule has 6 nitrogen and oxygen atoms in total. The van der Waals surface area contributed by atoms with E-state index in [0.29, 0.717) is 6.07 Å². The van der Waals surface area contributed by atoms with Crippen LogP contribution in [0.4, 0.5) is 18.9 Å². The topological polar surface area (TPSA) is 75.7 Å². The van der Waals surface area contributed by atoms with Crippen LogP contribution in [0, 0.1) is 17.5 Å². The van der Waals surface area contributed by atoms with Gasteiger partial charge in [0.1, 0.15) is 0 Å². The largest absolute Gasteiger partial charge is 0.379 e. The lowest BCUT2D eigenvalue weighted by Crippen LogP contribution is -2.40. The van der Waals surface area contributed by atoms with Gasteiger partial charge in [0, 0.05) is 13.1 Å². The minimum Gasteiger partial charge on any atom is -0.379 e. The van der Waals surface area contributed by atoms with Gasteiger partial charge in [-0.25, -0.2) is 21.6 Å². The van der Waals surface area contributed by atoms with E-state index >= 15 is 0 Å². The highest BCUT2D eigenvalue weighted by molar-refractivity contribution is 7.89. The molecule has 1 fully saturated rings. The van der Waals surface area contributed by atoms with Crippen molar-refractivity contribution in [3.8, 4) is 0 Å². The second kappa shape index (κ2) is 8.08. The van der Waals surface area contributed by atoms with Gasteiger partial charge in [-0.15, -0.1) is 0 Å². The van der Waals surface area contributed by atoms with E-state index in [1.807, 2.05) is 0 Å². The zero-order valence-corrected chi connectivity index (χ0v) is 15.8. The number of amides is 1. The van der Waals surface area contributed by atoms with Crippen LogP contribution in [0.3, 0.4) is 0 Å². The van der Waals surface area contributed by atoms with Crippen molar-refractivity contribution in [2.75, 3.05) is 31.6 Å². The van der Waals surface area contributed by atoms with E-state index in [2.05, 4.69) is 5.32 Å². The van der Waals surface area contributed by atoms with Crippen LogP contribution >= 0.6 is 11.6 Å². The molecule has 1 N–H and O–H groups in total. The lowest BCUT2D eigenvalue weighted by atomic mass is 10.2. The minimum absolute atomic E-state index is 0.0959. The van der Waals surface area contributed by atoms with Gasteiger partial charge >= 0.3 is 0 Å². The first-order valence-electron chi connectivity index (χ1n) is 8.04. The predicted octanol–water partition coefficient (Wildman–Crippen LogP) is 3.03. The Morgan fingerprint density at radius 3 is 2.43 bits per heavy atom. The third-order valence-electron chi connectivity index (χ3n) is 4.07. The monoisotopic (exact) mass is 434 g/mol. The normalized spacial score (nSPS) is 15.4. The van der Waals surface area contributed by atoms with Crippen LogP contribution in [0.1, 0.15) is 10.4 Å². The Hall–Kier alpha value is -2.14. The lowest BCUT2D eigenvalue weighted by molar-refractivity contribution is 0.0730. The molecule has 1 aliphatic rings. The number of ether oxygens (including phenoxy) is 1. The van der Waals surface area contributed by atoms with Crippen LogP contribution < -0.4 is 5.32 Å². The molecule has 0 radical (unpaired) electrons. The molecular weight excluding hydrogens is 421 g/mol. The lowest BCUT2D eigenvalue weighted by Gasteiger charge is -2.26. The van der Waals surface area contributed by atoms with Gasteiger partial charge < -0.3 is 10.1 Å². The number of carbonyl (C=O) groups is 1. The summed E-state index contributed by atoms with van der Waals surface area (Å²) in [5.74, 6) is -5.71. The fourth-order valence-corrected chi connectivity index (χ4v) is 4.23. The van der Waals surface area contributed by atoms with Crippen LogP contribution in [0.5, 0.6) is 0 Å². The maximum atomic E-state index is 13.8. The molecule has 0 saturated carbocycles. The average Bonchev–Trinajstić information content (AvgIpc) is 2.69. The summed E-state index contributed by atoms with van der Waals surface area (Å²) in [6.07, 6.45) is 0. The van der Waals surface area contributed by atoms with Crippen LogP contribution in [0.2, 0.25) is 5.02 Å². The molecular formula is C17H14ClF3N2O4S. The summed E-state index contributed by atoms with van der Waals surface area (Å²) in [5, 5.41) is 1.96. The summed E-state index contributed by atoms with van der Waals surface area (Å²) in [7, 11) is -3.90. The van der Waals surface area contributed by atoms with Gasteiger partial charge in [0.2, 0.25) is 10.0 Å². The Morgan fingerprint density at radius 2 is 1.75 bits per heavy atom. The Labute approximate surface area is 163 Å². The summed E-state index contributed by atoms with van der Waals surface area (Å²) >= 11 is 5.97. The molecule has 0 aliphatic carbocycles. The second-order valence-corrected chi connectivity index (χ2v) is 8.18. The van der Waals surface area contributed by atoms with Crippen LogP contribution in [0.15, 0.2) is 35.2 Å². The van der Waals surface area contributed by atoms with E-state index in [1.54, 1.807) is 0 Å². The number of nitrogens with zero attached hydrogens (tertiary/aromatic N) is 1. The number of benzene rings is 2. The molecule has 150 valence electrons. The first-order valence-corrected chi connectivity index (χ1v) is 9.86. The minimum atomic E-state index is -3.90. The predicted molar refractivity (Wildman–Crippen MR) is 95.3 cm³/mol. The number of morpholine rings is 1. The number of nitrogens with one attached hydrogen (secondary N) is 1. The highest BCUT2D eigenvalue weighted by Crippen LogP contribution is 2.26. The Morgan fingerprint density at radius 1 is 1.07 bits per heavy atom. The third-order valence-corrected chi connectivity index (χ3v) is 6.30. The van der Waals surface area contributed by atoms with E-state index < -0.39 is 39.1 Å². The van der Waals surface area contributed by atoms with Gasteiger partial charge in [0.05, 0.1) is 34.4 Å². The van der Waals surface area contributed by atoms with Crippen molar-refractivity contribution in [1.29, 1.82) is 0 Å². The Balaban J connectivity index is 1.91. The molecule has 0 bridgehead atoms. The quantitative estimate of drug-likeness (QED) is 0.750. The number of hydrogen-bond donors (Lipinski definition) is 1. The number of sulfonamides is 1. The molecule has 3 rings (SSSR count). The van der Waals surface area contributed by atoms with Crippen molar-refractivity contribution in [1.82, 2.24) is 4.31 Å². The molecule has 1 heterocycles. The summed E-state index contributed by atoms with van der Waals surface area (Å²) < 4.78 is 71.9. The zero-order chi connectivity index (χ0) is 20.5. The fraction of sp³-hybridized carbons (Fsp3) is 0.235. The number of rotatable bonds is 4. The van der Waals surface area contributed by atoms with Crippen molar-refractivity contribution in [2.45, 2.75) is 4.90 Å². The first-order chi connectivity index (χ1) is 13.2. The van der Waals surface area contributed by atoms with Crippen molar-refractivity contribution in [3.05, 3.63) is 58.4 Å². The summed E-state index contributed by atoms with van der Waals surface area (Å²) in [4.78, 5) is 12.2. The van der Waals surface area contributed by atoms with Gasteiger partial charge in [-0.2, -0.15) is 4.31 Å². The number of carbonyl (C=O) groups excluding carboxylic acids is 1.